The maximum atomic E-state index is 5.59. The number of hydrogen-bond acceptors (Lipinski definition) is 4. The van der Waals surface area contributed by atoms with Crippen molar-refractivity contribution in [3.05, 3.63) is 0 Å². The Bertz CT molecular complexity index is 344. The summed E-state index contributed by atoms with van der Waals surface area (Å²) in [5.74, 6) is 1.57. The summed E-state index contributed by atoms with van der Waals surface area (Å²) >= 11 is 0. The van der Waals surface area contributed by atoms with Gasteiger partial charge in [0.25, 0.3) is 0 Å². The molecular weight excluding hydrogens is 316 g/mol. The van der Waals surface area contributed by atoms with Gasteiger partial charge in [0, 0.05) is 52.5 Å². The molecule has 148 valence electrons. The molecule has 1 unspecified atom stereocenters. The minimum absolute atomic E-state index is 0.528. The molecule has 2 N–H and O–H groups in total. The highest BCUT2D eigenvalue weighted by Gasteiger charge is 2.22. The van der Waals surface area contributed by atoms with Crippen LogP contribution in [0.1, 0.15) is 46.5 Å². The second kappa shape index (κ2) is 14.3. The smallest absolute Gasteiger partial charge is 0.191 e. The highest BCUT2D eigenvalue weighted by Crippen LogP contribution is 2.12. The zero-order chi connectivity index (χ0) is 18.3. The third kappa shape index (κ3) is 10.7. The Labute approximate surface area is 154 Å². The molecule has 6 heteroatoms. The summed E-state index contributed by atoms with van der Waals surface area (Å²) in [5, 5.41) is 6.89. The van der Waals surface area contributed by atoms with Crippen molar-refractivity contribution in [3.8, 4) is 0 Å². The van der Waals surface area contributed by atoms with E-state index >= 15 is 0 Å². The molecule has 0 aromatic rings. The fraction of sp³-hybridized carbons (Fsp3) is 0.947. The highest BCUT2D eigenvalue weighted by atomic mass is 16.5. The van der Waals surface area contributed by atoms with Crippen LogP contribution in [-0.2, 0) is 9.47 Å². The largest absolute Gasteiger partial charge is 0.381 e. The van der Waals surface area contributed by atoms with Crippen molar-refractivity contribution in [1.82, 2.24) is 15.5 Å². The van der Waals surface area contributed by atoms with Crippen LogP contribution >= 0.6 is 0 Å². The van der Waals surface area contributed by atoms with Gasteiger partial charge in [0.15, 0.2) is 5.96 Å². The van der Waals surface area contributed by atoms with Crippen molar-refractivity contribution < 1.29 is 9.47 Å². The van der Waals surface area contributed by atoms with E-state index in [1.807, 2.05) is 7.05 Å². The molecule has 0 amide bonds. The standard InChI is InChI=1S/C19H40N4O2/c1-5-6-11-24-12-7-8-21-19(20-4)22-16-18(15-17(2)3)23-9-13-25-14-10-23/h17-18H,5-16H2,1-4H3,(H2,20,21,22). The monoisotopic (exact) mass is 356 g/mol. The SMILES string of the molecule is CCCCOCCCNC(=NC)NCC(CC(C)C)N1CCOCC1. The molecular formula is C19H40N4O2. The van der Waals surface area contributed by atoms with Gasteiger partial charge in [-0.25, -0.2) is 0 Å². The number of guanidine groups is 1. The van der Waals surface area contributed by atoms with E-state index in [9.17, 15) is 0 Å². The molecule has 25 heavy (non-hydrogen) atoms. The Balaban J connectivity index is 2.26. The van der Waals surface area contributed by atoms with Gasteiger partial charge < -0.3 is 20.1 Å². The van der Waals surface area contributed by atoms with Crippen molar-refractivity contribution in [2.75, 3.05) is 59.7 Å². The molecule has 0 spiro atoms. The topological polar surface area (TPSA) is 58.1 Å². The van der Waals surface area contributed by atoms with Crippen molar-refractivity contribution in [2.45, 2.75) is 52.5 Å². The number of morpholine rings is 1. The summed E-state index contributed by atoms with van der Waals surface area (Å²) in [6, 6.07) is 0.528. The highest BCUT2D eigenvalue weighted by molar-refractivity contribution is 5.79. The fourth-order valence-electron chi connectivity index (χ4n) is 3.01. The first-order valence-corrected chi connectivity index (χ1v) is 10.0. The van der Waals surface area contributed by atoms with Gasteiger partial charge in [-0.1, -0.05) is 27.2 Å². The predicted octanol–water partition coefficient (Wildman–Crippen LogP) is 2.11. The van der Waals surface area contributed by atoms with E-state index in [0.29, 0.717) is 12.0 Å². The molecule has 6 nitrogen and oxygen atoms in total. The lowest BCUT2D eigenvalue weighted by molar-refractivity contribution is 0.0132. The summed E-state index contributed by atoms with van der Waals surface area (Å²) < 4.78 is 11.1. The van der Waals surface area contributed by atoms with Gasteiger partial charge in [-0.2, -0.15) is 0 Å². The summed E-state index contributed by atoms with van der Waals surface area (Å²) in [7, 11) is 1.83. The molecule has 0 aromatic carbocycles. The minimum Gasteiger partial charge on any atom is -0.381 e. The Hall–Kier alpha value is -0.850. The molecule has 1 saturated heterocycles. The molecule has 0 aromatic heterocycles. The molecule has 0 aliphatic carbocycles. The van der Waals surface area contributed by atoms with Gasteiger partial charge in [0.1, 0.15) is 0 Å². The van der Waals surface area contributed by atoms with E-state index in [1.165, 1.54) is 12.8 Å². The molecule has 1 aliphatic rings. The molecule has 1 rings (SSSR count). The maximum Gasteiger partial charge on any atom is 0.191 e. The molecule has 1 aliphatic heterocycles. The number of ether oxygens (including phenoxy) is 2. The van der Waals surface area contributed by atoms with Gasteiger partial charge in [0.2, 0.25) is 0 Å². The number of nitrogens with one attached hydrogen (secondary N) is 2. The Morgan fingerprint density at radius 2 is 1.88 bits per heavy atom. The molecule has 0 radical (unpaired) electrons. The lowest BCUT2D eigenvalue weighted by atomic mass is 10.0. The first-order valence-electron chi connectivity index (χ1n) is 10.0. The second-order valence-electron chi connectivity index (χ2n) is 7.13. The summed E-state index contributed by atoms with van der Waals surface area (Å²) in [6.45, 7) is 14.0. The van der Waals surface area contributed by atoms with Gasteiger partial charge >= 0.3 is 0 Å². The van der Waals surface area contributed by atoms with E-state index in [4.69, 9.17) is 9.47 Å². The zero-order valence-corrected chi connectivity index (χ0v) is 16.9. The average Bonchev–Trinajstić information content (AvgIpc) is 2.62. The van der Waals surface area contributed by atoms with Gasteiger partial charge in [-0.05, 0) is 25.2 Å². The first-order chi connectivity index (χ1) is 12.2. The van der Waals surface area contributed by atoms with Crippen LogP contribution in [0.2, 0.25) is 0 Å². The van der Waals surface area contributed by atoms with E-state index in [-0.39, 0.29) is 0 Å². The quantitative estimate of drug-likeness (QED) is 0.319. The van der Waals surface area contributed by atoms with Crippen LogP contribution in [0.3, 0.4) is 0 Å². The second-order valence-corrected chi connectivity index (χ2v) is 7.13. The van der Waals surface area contributed by atoms with Crippen molar-refractivity contribution in [1.29, 1.82) is 0 Å². The van der Waals surface area contributed by atoms with Gasteiger partial charge in [-0.15, -0.1) is 0 Å². The van der Waals surface area contributed by atoms with Crippen LogP contribution in [0.4, 0.5) is 0 Å². The number of unbranched alkanes of at least 4 members (excludes halogenated alkanes) is 1. The summed E-state index contributed by atoms with van der Waals surface area (Å²) in [4.78, 5) is 6.89. The molecule has 1 heterocycles. The summed E-state index contributed by atoms with van der Waals surface area (Å²) in [6.07, 6.45) is 4.53. The predicted molar refractivity (Wildman–Crippen MR) is 105 cm³/mol. The van der Waals surface area contributed by atoms with E-state index in [1.54, 1.807) is 0 Å². The average molecular weight is 357 g/mol. The number of hydrogen-bond donors (Lipinski definition) is 2. The van der Waals surface area contributed by atoms with E-state index < -0.39 is 0 Å². The van der Waals surface area contributed by atoms with E-state index in [2.05, 4.69) is 41.3 Å². The molecule has 0 bridgehead atoms. The molecule has 1 atom stereocenters. The van der Waals surface area contributed by atoms with E-state index in [0.717, 1.165) is 71.4 Å². The molecule has 1 fully saturated rings. The fourth-order valence-corrected chi connectivity index (χ4v) is 3.01. The number of rotatable bonds is 12. The van der Waals surface area contributed by atoms with Gasteiger partial charge in [-0.3, -0.25) is 9.89 Å². The Morgan fingerprint density at radius 1 is 1.16 bits per heavy atom. The Morgan fingerprint density at radius 3 is 2.52 bits per heavy atom. The third-order valence-electron chi connectivity index (χ3n) is 4.43. The number of nitrogens with zero attached hydrogens (tertiary/aromatic N) is 2. The van der Waals surface area contributed by atoms with Crippen molar-refractivity contribution in [3.63, 3.8) is 0 Å². The lowest BCUT2D eigenvalue weighted by Crippen LogP contribution is -2.51. The lowest BCUT2D eigenvalue weighted by Gasteiger charge is -2.35. The maximum absolute atomic E-state index is 5.59. The van der Waals surface area contributed by atoms with Gasteiger partial charge in [0.05, 0.1) is 13.2 Å². The van der Waals surface area contributed by atoms with Crippen LogP contribution < -0.4 is 10.6 Å². The van der Waals surface area contributed by atoms with Crippen LogP contribution in [0.25, 0.3) is 0 Å². The first kappa shape index (κ1) is 22.2. The van der Waals surface area contributed by atoms with Crippen LogP contribution in [-0.4, -0.2) is 76.6 Å². The van der Waals surface area contributed by atoms with Crippen molar-refractivity contribution in [2.24, 2.45) is 10.9 Å². The zero-order valence-electron chi connectivity index (χ0n) is 16.9. The van der Waals surface area contributed by atoms with Crippen LogP contribution in [0, 0.1) is 5.92 Å². The van der Waals surface area contributed by atoms with Crippen LogP contribution in [0.5, 0.6) is 0 Å². The third-order valence-corrected chi connectivity index (χ3v) is 4.43. The minimum atomic E-state index is 0.528. The van der Waals surface area contributed by atoms with Crippen LogP contribution in [0.15, 0.2) is 4.99 Å². The number of aliphatic imine (C=N–C) groups is 1. The normalized spacial score (nSPS) is 17.7. The summed E-state index contributed by atoms with van der Waals surface area (Å²) in [5.41, 5.74) is 0. The molecule has 0 saturated carbocycles. The van der Waals surface area contributed by atoms with Crippen molar-refractivity contribution >= 4 is 5.96 Å². The Kier molecular flexibility index (Phi) is 12.7.